The first-order valence-corrected chi connectivity index (χ1v) is 7.57. The van der Waals surface area contributed by atoms with E-state index in [1.54, 1.807) is 0 Å². The number of halogens is 1. The van der Waals surface area contributed by atoms with E-state index in [2.05, 4.69) is 0 Å². The number of amides is 2. The molecule has 1 aromatic carbocycles. The zero-order chi connectivity index (χ0) is 16.1. The minimum absolute atomic E-state index is 0.0511. The van der Waals surface area contributed by atoms with Crippen molar-refractivity contribution in [2.24, 2.45) is 17.4 Å². The predicted octanol–water partition coefficient (Wildman–Crippen LogP) is 1.05. The number of nitrogens with zero attached hydrogens (tertiary/aromatic N) is 1. The number of hydrogen-bond donors (Lipinski definition) is 2. The molecule has 4 N–H and O–H groups in total. The minimum Gasteiger partial charge on any atom is -0.366 e. The predicted molar refractivity (Wildman–Crippen MR) is 81.6 cm³/mol. The maximum Gasteiger partial charge on any atom is 0.249 e. The normalized spacial score (nSPS) is 15.8. The first kappa shape index (κ1) is 16.4. The van der Waals surface area contributed by atoms with Crippen LogP contribution in [0.15, 0.2) is 18.2 Å². The molecule has 6 heteroatoms. The van der Waals surface area contributed by atoms with Crippen LogP contribution in [0, 0.1) is 11.7 Å². The van der Waals surface area contributed by atoms with E-state index in [0.29, 0.717) is 30.9 Å². The lowest BCUT2D eigenvalue weighted by atomic mass is 9.96. The third-order valence-electron chi connectivity index (χ3n) is 4.25. The molecule has 120 valence electrons. The van der Waals surface area contributed by atoms with Gasteiger partial charge >= 0.3 is 0 Å². The third kappa shape index (κ3) is 4.04. The average Bonchev–Trinajstić information content (AvgIpc) is 2.53. The van der Waals surface area contributed by atoms with Crippen molar-refractivity contribution >= 4 is 11.8 Å². The van der Waals surface area contributed by atoms with Gasteiger partial charge in [-0.25, -0.2) is 4.39 Å². The molecule has 0 radical (unpaired) electrons. The summed E-state index contributed by atoms with van der Waals surface area (Å²) >= 11 is 0. The molecule has 0 unspecified atom stereocenters. The van der Waals surface area contributed by atoms with Crippen LogP contribution >= 0.6 is 0 Å². The van der Waals surface area contributed by atoms with Crippen LogP contribution in [0.25, 0.3) is 0 Å². The molecule has 0 bridgehead atoms. The molecular weight excluding hydrogens is 285 g/mol. The van der Waals surface area contributed by atoms with Gasteiger partial charge in [-0.05, 0) is 49.4 Å². The second kappa shape index (κ2) is 7.35. The average molecular weight is 307 g/mol. The van der Waals surface area contributed by atoms with Crippen molar-refractivity contribution < 1.29 is 14.0 Å². The van der Waals surface area contributed by atoms with Gasteiger partial charge in [-0.15, -0.1) is 0 Å². The lowest BCUT2D eigenvalue weighted by Gasteiger charge is -2.31. The topological polar surface area (TPSA) is 89.4 Å². The highest BCUT2D eigenvalue weighted by molar-refractivity contribution is 5.94. The molecule has 1 aromatic rings. The van der Waals surface area contributed by atoms with Crippen molar-refractivity contribution in [3.63, 3.8) is 0 Å². The second-order valence-corrected chi connectivity index (χ2v) is 5.73. The van der Waals surface area contributed by atoms with Crippen LogP contribution in [0.4, 0.5) is 4.39 Å². The summed E-state index contributed by atoms with van der Waals surface area (Å²) in [5, 5.41) is 0. The highest BCUT2D eigenvalue weighted by Gasteiger charge is 2.22. The first-order valence-electron chi connectivity index (χ1n) is 7.57. The number of nitrogens with two attached hydrogens (primary N) is 2. The first-order chi connectivity index (χ1) is 10.5. The molecule has 0 saturated carbocycles. The molecule has 1 saturated heterocycles. The summed E-state index contributed by atoms with van der Waals surface area (Å²) in [7, 11) is 0. The summed E-state index contributed by atoms with van der Waals surface area (Å²) < 4.78 is 13.2. The van der Waals surface area contributed by atoms with Crippen LogP contribution in [0.2, 0.25) is 0 Å². The van der Waals surface area contributed by atoms with Crippen molar-refractivity contribution in [3.05, 3.63) is 35.1 Å². The van der Waals surface area contributed by atoms with Gasteiger partial charge in [0.05, 0.1) is 0 Å². The van der Waals surface area contributed by atoms with Gasteiger partial charge in [0.25, 0.3) is 0 Å². The summed E-state index contributed by atoms with van der Waals surface area (Å²) in [6.07, 6.45) is 2.55. The molecule has 0 aromatic heterocycles. The van der Waals surface area contributed by atoms with E-state index >= 15 is 0 Å². The van der Waals surface area contributed by atoms with E-state index in [1.165, 1.54) is 12.1 Å². The molecule has 2 rings (SSSR count). The Morgan fingerprint density at radius 1 is 1.27 bits per heavy atom. The SMILES string of the molecule is NCC1CCN(C(=O)CCc2ccc(F)cc2C(N)=O)CC1. The van der Waals surface area contributed by atoms with Crippen LogP contribution in [-0.2, 0) is 11.2 Å². The van der Waals surface area contributed by atoms with Gasteiger partial charge in [0.1, 0.15) is 5.82 Å². The smallest absolute Gasteiger partial charge is 0.249 e. The van der Waals surface area contributed by atoms with E-state index in [0.717, 1.165) is 32.0 Å². The van der Waals surface area contributed by atoms with Gasteiger partial charge in [0.2, 0.25) is 11.8 Å². The maximum absolute atomic E-state index is 13.2. The van der Waals surface area contributed by atoms with E-state index in [9.17, 15) is 14.0 Å². The highest BCUT2D eigenvalue weighted by atomic mass is 19.1. The molecule has 22 heavy (non-hydrogen) atoms. The summed E-state index contributed by atoms with van der Waals surface area (Å²) in [5.74, 6) is -0.628. The third-order valence-corrected chi connectivity index (χ3v) is 4.25. The molecule has 2 amide bonds. The standard InChI is InChI=1S/C16H22FN3O2/c17-13-3-1-12(14(9-13)16(19)22)2-4-15(21)20-7-5-11(10-18)6-8-20/h1,3,9,11H,2,4-8,10,18H2,(H2,19,22). The monoisotopic (exact) mass is 307 g/mol. The molecule has 0 aliphatic carbocycles. The quantitative estimate of drug-likeness (QED) is 0.852. The van der Waals surface area contributed by atoms with Crippen LogP contribution in [0.3, 0.4) is 0 Å². The zero-order valence-electron chi connectivity index (χ0n) is 12.6. The Labute approximate surface area is 129 Å². The van der Waals surface area contributed by atoms with E-state index in [1.807, 2.05) is 4.90 Å². The summed E-state index contributed by atoms with van der Waals surface area (Å²) in [6.45, 7) is 2.12. The Kier molecular flexibility index (Phi) is 5.49. The van der Waals surface area contributed by atoms with Gasteiger partial charge in [0, 0.05) is 25.1 Å². The Morgan fingerprint density at radius 3 is 2.55 bits per heavy atom. The lowest BCUT2D eigenvalue weighted by Crippen LogP contribution is -2.40. The van der Waals surface area contributed by atoms with E-state index in [-0.39, 0.29) is 11.5 Å². The summed E-state index contributed by atoms with van der Waals surface area (Å²) in [4.78, 5) is 25.4. The number of aryl methyl sites for hydroxylation is 1. The molecule has 1 aliphatic heterocycles. The van der Waals surface area contributed by atoms with Crippen molar-refractivity contribution in [1.29, 1.82) is 0 Å². The number of rotatable bonds is 5. The van der Waals surface area contributed by atoms with Crippen molar-refractivity contribution in [3.8, 4) is 0 Å². The molecule has 1 fully saturated rings. The van der Waals surface area contributed by atoms with Crippen LogP contribution < -0.4 is 11.5 Å². The van der Waals surface area contributed by atoms with Crippen LogP contribution in [-0.4, -0.2) is 36.3 Å². The molecule has 0 spiro atoms. The fourth-order valence-corrected chi connectivity index (χ4v) is 2.81. The summed E-state index contributed by atoms with van der Waals surface area (Å²) in [6, 6.07) is 3.91. The number of hydrogen-bond acceptors (Lipinski definition) is 3. The molecule has 1 aliphatic rings. The largest absolute Gasteiger partial charge is 0.366 e. The Morgan fingerprint density at radius 2 is 1.95 bits per heavy atom. The van der Waals surface area contributed by atoms with Gasteiger partial charge in [0.15, 0.2) is 0 Å². The maximum atomic E-state index is 13.2. The number of carbonyl (C=O) groups excluding carboxylic acids is 2. The molecule has 1 heterocycles. The number of likely N-dealkylation sites (tertiary alicyclic amines) is 1. The number of primary amides is 1. The van der Waals surface area contributed by atoms with Crippen molar-refractivity contribution in [1.82, 2.24) is 4.90 Å². The van der Waals surface area contributed by atoms with E-state index < -0.39 is 11.7 Å². The fourth-order valence-electron chi connectivity index (χ4n) is 2.81. The summed E-state index contributed by atoms with van der Waals surface area (Å²) in [5.41, 5.74) is 11.6. The second-order valence-electron chi connectivity index (χ2n) is 5.73. The number of piperidine rings is 1. The zero-order valence-corrected chi connectivity index (χ0v) is 12.6. The fraction of sp³-hybridized carbons (Fsp3) is 0.500. The highest BCUT2D eigenvalue weighted by Crippen LogP contribution is 2.18. The van der Waals surface area contributed by atoms with Gasteiger partial charge in [-0.3, -0.25) is 9.59 Å². The van der Waals surface area contributed by atoms with Crippen molar-refractivity contribution in [2.75, 3.05) is 19.6 Å². The minimum atomic E-state index is -0.675. The van der Waals surface area contributed by atoms with Crippen LogP contribution in [0.1, 0.15) is 35.2 Å². The lowest BCUT2D eigenvalue weighted by molar-refractivity contribution is -0.132. The van der Waals surface area contributed by atoms with Gasteiger partial charge < -0.3 is 16.4 Å². The number of carbonyl (C=O) groups is 2. The molecule has 5 nitrogen and oxygen atoms in total. The van der Waals surface area contributed by atoms with Gasteiger partial charge in [-0.2, -0.15) is 0 Å². The van der Waals surface area contributed by atoms with Crippen LogP contribution in [0.5, 0.6) is 0 Å². The molecule has 0 atom stereocenters. The Hall–Kier alpha value is -1.95. The molecular formula is C16H22FN3O2. The van der Waals surface area contributed by atoms with Gasteiger partial charge in [-0.1, -0.05) is 6.07 Å². The Bertz CT molecular complexity index is 554. The number of benzene rings is 1. The van der Waals surface area contributed by atoms with Crippen molar-refractivity contribution in [2.45, 2.75) is 25.7 Å². The Balaban J connectivity index is 1.93. The van der Waals surface area contributed by atoms with E-state index in [4.69, 9.17) is 11.5 Å².